The van der Waals surface area contributed by atoms with Crippen LogP contribution >= 0.6 is 0 Å². The number of hydrogen-bond acceptors (Lipinski definition) is 5. The third kappa shape index (κ3) is 11.0. The van der Waals surface area contributed by atoms with Gasteiger partial charge in [-0.2, -0.15) is 0 Å². The van der Waals surface area contributed by atoms with Crippen LogP contribution < -0.4 is 0 Å². The predicted molar refractivity (Wildman–Crippen MR) is 146 cm³/mol. The lowest BCUT2D eigenvalue weighted by Gasteiger charge is -2.31. The molecule has 2 fully saturated rings. The molecule has 1 heterocycles. The summed E-state index contributed by atoms with van der Waals surface area (Å²) in [5.74, 6) is 1.41. The van der Waals surface area contributed by atoms with E-state index in [1.807, 2.05) is 13.8 Å². The SMILES string of the molecule is CCCCCCCC1(CC[C@@H]2C(CC=CCCCC(=O)OC(C)C)C(=O)C[C@H]2CC(C)C)OCCO1. The number of carbonyl (C=O) groups is 2. The van der Waals surface area contributed by atoms with Gasteiger partial charge in [-0.3, -0.25) is 9.59 Å². The molecule has 5 heteroatoms. The predicted octanol–water partition coefficient (Wildman–Crippen LogP) is 7.81. The Kier molecular flexibility index (Phi) is 14.3. The molecule has 36 heavy (non-hydrogen) atoms. The molecule has 3 atom stereocenters. The van der Waals surface area contributed by atoms with Crippen LogP contribution in [0.2, 0.25) is 0 Å². The van der Waals surface area contributed by atoms with E-state index < -0.39 is 5.79 Å². The molecular weight excluding hydrogens is 452 g/mol. The molecule has 1 aliphatic carbocycles. The van der Waals surface area contributed by atoms with Gasteiger partial charge in [0.2, 0.25) is 0 Å². The first-order valence-corrected chi connectivity index (χ1v) is 14.9. The first-order valence-electron chi connectivity index (χ1n) is 14.9. The van der Waals surface area contributed by atoms with Gasteiger partial charge in [-0.05, 0) is 70.1 Å². The van der Waals surface area contributed by atoms with Crippen molar-refractivity contribution in [3.05, 3.63) is 12.2 Å². The Labute approximate surface area is 221 Å². The van der Waals surface area contributed by atoms with Crippen molar-refractivity contribution in [1.29, 1.82) is 0 Å². The van der Waals surface area contributed by atoms with Crippen LogP contribution in [0.1, 0.15) is 125 Å². The van der Waals surface area contributed by atoms with Crippen molar-refractivity contribution in [3.8, 4) is 0 Å². The molecule has 1 saturated carbocycles. The summed E-state index contributed by atoms with van der Waals surface area (Å²) in [4.78, 5) is 24.8. The third-order valence-electron chi connectivity index (χ3n) is 7.78. The van der Waals surface area contributed by atoms with Gasteiger partial charge in [0.25, 0.3) is 0 Å². The summed E-state index contributed by atoms with van der Waals surface area (Å²) in [6.07, 6.45) is 18.1. The third-order valence-corrected chi connectivity index (χ3v) is 7.78. The molecule has 1 saturated heterocycles. The van der Waals surface area contributed by atoms with Gasteiger partial charge in [0.15, 0.2) is 5.79 Å². The first-order chi connectivity index (χ1) is 17.3. The summed E-state index contributed by atoms with van der Waals surface area (Å²) in [7, 11) is 0. The lowest BCUT2D eigenvalue weighted by atomic mass is 9.79. The Balaban J connectivity index is 1.91. The molecule has 0 bridgehead atoms. The van der Waals surface area contributed by atoms with Gasteiger partial charge in [-0.1, -0.05) is 58.6 Å². The van der Waals surface area contributed by atoms with E-state index in [0.29, 0.717) is 49.6 Å². The number of hydrogen-bond donors (Lipinski definition) is 0. The monoisotopic (exact) mass is 506 g/mol. The molecule has 0 aromatic carbocycles. The minimum Gasteiger partial charge on any atom is -0.463 e. The van der Waals surface area contributed by atoms with Crippen LogP contribution in [0, 0.1) is 23.7 Å². The molecule has 0 amide bonds. The summed E-state index contributed by atoms with van der Waals surface area (Å²) < 4.78 is 17.6. The van der Waals surface area contributed by atoms with Gasteiger partial charge >= 0.3 is 5.97 Å². The van der Waals surface area contributed by atoms with E-state index in [-0.39, 0.29) is 18.0 Å². The molecule has 5 nitrogen and oxygen atoms in total. The van der Waals surface area contributed by atoms with Gasteiger partial charge in [-0.15, -0.1) is 0 Å². The van der Waals surface area contributed by atoms with Crippen LogP contribution in [0.3, 0.4) is 0 Å². The molecule has 0 spiro atoms. The Morgan fingerprint density at radius 3 is 2.42 bits per heavy atom. The average molecular weight is 507 g/mol. The van der Waals surface area contributed by atoms with Crippen LogP contribution in [0.15, 0.2) is 12.2 Å². The fraction of sp³-hybridized carbons (Fsp3) is 0.871. The maximum Gasteiger partial charge on any atom is 0.306 e. The minimum absolute atomic E-state index is 0.0580. The molecule has 1 unspecified atom stereocenters. The van der Waals surface area contributed by atoms with Crippen molar-refractivity contribution < 1.29 is 23.8 Å². The van der Waals surface area contributed by atoms with Crippen molar-refractivity contribution >= 4 is 11.8 Å². The number of esters is 1. The van der Waals surface area contributed by atoms with Crippen LogP contribution in [0.5, 0.6) is 0 Å². The first kappa shape index (κ1) is 31.0. The standard InChI is InChI=1S/C31H54O5/c1-6-7-8-11-14-18-31(34-20-21-35-31)19-17-27-26(22-24(2)3)23-29(32)28(27)15-12-9-10-13-16-30(33)36-25(4)5/h9,12,24-28H,6-8,10-11,13-23H2,1-5H3/t26-,27+,28?/m1/s1. The Morgan fingerprint density at radius 2 is 1.75 bits per heavy atom. The number of rotatable bonds is 18. The second-order valence-corrected chi connectivity index (χ2v) is 11.8. The molecule has 208 valence electrons. The molecule has 1 aliphatic heterocycles. The Morgan fingerprint density at radius 1 is 1.03 bits per heavy atom. The van der Waals surface area contributed by atoms with Gasteiger partial charge in [0, 0.05) is 31.6 Å². The zero-order valence-corrected chi connectivity index (χ0v) is 23.9. The fourth-order valence-corrected chi connectivity index (χ4v) is 6.08. The number of carbonyl (C=O) groups excluding carboxylic acids is 2. The summed E-state index contributed by atoms with van der Waals surface area (Å²) >= 11 is 0. The van der Waals surface area contributed by atoms with Gasteiger partial charge in [0.1, 0.15) is 5.78 Å². The molecule has 2 rings (SSSR count). The zero-order valence-electron chi connectivity index (χ0n) is 23.9. The maximum absolute atomic E-state index is 13.1. The minimum atomic E-state index is -0.439. The molecule has 0 N–H and O–H groups in total. The molecular formula is C31H54O5. The van der Waals surface area contributed by atoms with E-state index in [0.717, 1.165) is 51.4 Å². The lowest BCUT2D eigenvalue weighted by Crippen LogP contribution is -2.32. The van der Waals surface area contributed by atoms with Gasteiger partial charge in [-0.25, -0.2) is 0 Å². The largest absolute Gasteiger partial charge is 0.463 e. The van der Waals surface area contributed by atoms with E-state index in [4.69, 9.17) is 14.2 Å². The zero-order chi connectivity index (χ0) is 26.4. The molecule has 0 aromatic heterocycles. The van der Waals surface area contributed by atoms with E-state index in [1.165, 1.54) is 25.7 Å². The van der Waals surface area contributed by atoms with Crippen molar-refractivity contribution in [2.75, 3.05) is 13.2 Å². The number of allylic oxidation sites excluding steroid dienone is 2. The van der Waals surface area contributed by atoms with E-state index in [1.54, 1.807) is 0 Å². The van der Waals surface area contributed by atoms with E-state index in [9.17, 15) is 9.59 Å². The highest BCUT2D eigenvalue weighted by atomic mass is 16.7. The smallest absolute Gasteiger partial charge is 0.306 e. The van der Waals surface area contributed by atoms with E-state index >= 15 is 0 Å². The van der Waals surface area contributed by atoms with Crippen LogP contribution in [-0.4, -0.2) is 36.9 Å². The van der Waals surface area contributed by atoms with Crippen LogP contribution in [0.25, 0.3) is 0 Å². The summed E-state index contributed by atoms with van der Waals surface area (Å²) in [6.45, 7) is 11.9. The van der Waals surface area contributed by atoms with Gasteiger partial charge < -0.3 is 14.2 Å². The number of unbranched alkanes of at least 4 members (excludes halogenated alkanes) is 5. The van der Waals surface area contributed by atoms with Crippen molar-refractivity contribution in [3.63, 3.8) is 0 Å². The summed E-state index contributed by atoms with van der Waals surface area (Å²) in [5.41, 5.74) is 0. The number of ether oxygens (including phenoxy) is 3. The fourth-order valence-electron chi connectivity index (χ4n) is 6.08. The van der Waals surface area contributed by atoms with Crippen molar-refractivity contribution in [1.82, 2.24) is 0 Å². The summed E-state index contributed by atoms with van der Waals surface area (Å²) in [5, 5.41) is 0. The number of Topliss-reactive ketones (excluding diaryl/α,β-unsaturated/α-hetero) is 1. The molecule has 0 radical (unpaired) electrons. The number of ketones is 1. The molecule has 0 aromatic rings. The Hall–Kier alpha value is -1.20. The van der Waals surface area contributed by atoms with Gasteiger partial charge in [0.05, 0.1) is 19.3 Å². The normalized spacial score (nSPS) is 24.0. The highest BCUT2D eigenvalue weighted by molar-refractivity contribution is 5.84. The molecule has 2 aliphatic rings. The summed E-state index contributed by atoms with van der Waals surface area (Å²) in [6, 6.07) is 0. The van der Waals surface area contributed by atoms with Crippen molar-refractivity contribution in [2.45, 2.75) is 136 Å². The second kappa shape index (κ2) is 16.6. The van der Waals surface area contributed by atoms with E-state index in [2.05, 4.69) is 32.9 Å². The topological polar surface area (TPSA) is 61.8 Å². The van der Waals surface area contributed by atoms with Crippen LogP contribution in [0.4, 0.5) is 0 Å². The average Bonchev–Trinajstić information content (AvgIpc) is 3.38. The highest BCUT2D eigenvalue weighted by Crippen LogP contribution is 2.45. The van der Waals surface area contributed by atoms with Crippen molar-refractivity contribution in [2.24, 2.45) is 23.7 Å². The Bertz CT molecular complexity index is 662. The highest BCUT2D eigenvalue weighted by Gasteiger charge is 2.44. The van der Waals surface area contributed by atoms with Crippen LogP contribution in [-0.2, 0) is 23.8 Å². The lowest BCUT2D eigenvalue weighted by molar-refractivity contribution is -0.171. The second-order valence-electron chi connectivity index (χ2n) is 11.8. The maximum atomic E-state index is 13.1. The quantitative estimate of drug-likeness (QED) is 0.108.